The quantitative estimate of drug-likeness (QED) is 0.680. The summed E-state index contributed by atoms with van der Waals surface area (Å²) >= 11 is 0. The standard InChI is InChI=1S/C10H10N2/c1-8-2-4-9(5-3-8)10-6-11-7-12-10/h2-7H,1H3,(H,11,12)/i7D. The van der Waals surface area contributed by atoms with Crippen molar-refractivity contribution in [1.29, 1.82) is 0 Å². The Hall–Kier alpha value is -1.57. The predicted molar refractivity (Wildman–Crippen MR) is 48.8 cm³/mol. The van der Waals surface area contributed by atoms with E-state index < -0.39 is 0 Å². The molecule has 2 aromatic rings. The lowest BCUT2D eigenvalue weighted by atomic mass is 10.1. The third kappa shape index (κ3) is 1.23. The van der Waals surface area contributed by atoms with Crippen molar-refractivity contribution in [2.75, 3.05) is 0 Å². The average molecular weight is 159 g/mol. The summed E-state index contributed by atoms with van der Waals surface area (Å²) in [6, 6.07) is 8.12. The third-order valence-electron chi connectivity index (χ3n) is 1.81. The van der Waals surface area contributed by atoms with E-state index in [1.54, 1.807) is 6.20 Å². The molecule has 0 aliphatic rings. The summed E-state index contributed by atoms with van der Waals surface area (Å²) < 4.78 is 7.24. The normalized spacial score (nSPS) is 11.2. The smallest absolute Gasteiger partial charge is 0.104 e. The summed E-state index contributed by atoms with van der Waals surface area (Å²) in [6.07, 6.45) is 1.88. The molecule has 2 rings (SSSR count). The van der Waals surface area contributed by atoms with Crippen LogP contribution in [0.2, 0.25) is 0 Å². The molecule has 1 N–H and O–H groups in total. The van der Waals surface area contributed by atoms with Crippen molar-refractivity contribution in [2.24, 2.45) is 0 Å². The predicted octanol–water partition coefficient (Wildman–Crippen LogP) is 2.39. The zero-order chi connectivity index (χ0) is 9.26. The highest BCUT2D eigenvalue weighted by atomic mass is 14.9. The fraction of sp³-hybridized carbons (Fsp3) is 0.100. The molecule has 60 valence electrons. The molecule has 0 saturated heterocycles. The highest BCUT2D eigenvalue weighted by Crippen LogP contribution is 2.15. The number of aromatic nitrogens is 2. The van der Waals surface area contributed by atoms with Crippen LogP contribution in [0.25, 0.3) is 11.3 Å². The number of hydrogen-bond acceptors (Lipinski definition) is 1. The summed E-state index contributed by atoms with van der Waals surface area (Å²) in [5.74, 6) is 0. The first-order valence-electron chi connectivity index (χ1n) is 4.34. The highest BCUT2D eigenvalue weighted by Gasteiger charge is 1.95. The molecule has 1 aromatic heterocycles. The van der Waals surface area contributed by atoms with Gasteiger partial charge in [-0.15, -0.1) is 0 Å². The molecule has 0 bridgehead atoms. The molecule has 0 aliphatic heterocycles. The van der Waals surface area contributed by atoms with E-state index in [2.05, 4.69) is 9.97 Å². The minimum atomic E-state index is 0.204. The van der Waals surface area contributed by atoms with E-state index in [0.29, 0.717) is 0 Å². The molecule has 0 saturated carbocycles. The van der Waals surface area contributed by atoms with E-state index >= 15 is 0 Å². The van der Waals surface area contributed by atoms with Gasteiger partial charge in [-0.05, 0) is 12.5 Å². The van der Waals surface area contributed by atoms with E-state index in [-0.39, 0.29) is 6.30 Å². The molecule has 0 amide bonds. The van der Waals surface area contributed by atoms with Crippen LogP contribution in [0, 0.1) is 6.92 Å². The second-order valence-corrected chi connectivity index (χ2v) is 2.77. The zero-order valence-electron chi connectivity index (χ0n) is 7.83. The number of rotatable bonds is 1. The number of imidazole rings is 1. The first-order valence-corrected chi connectivity index (χ1v) is 3.84. The van der Waals surface area contributed by atoms with Crippen LogP contribution in [0.1, 0.15) is 6.93 Å². The van der Waals surface area contributed by atoms with Crippen LogP contribution in [-0.2, 0) is 0 Å². The number of benzene rings is 1. The number of H-pyrrole nitrogens is 1. The van der Waals surface area contributed by atoms with Gasteiger partial charge in [-0.1, -0.05) is 29.8 Å². The molecule has 0 fully saturated rings. The third-order valence-corrected chi connectivity index (χ3v) is 1.81. The fourth-order valence-corrected chi connectivity index (χ4v) is 1.10. The minimum Gasteiger partial charge on any atom is -0.345 e. The van der Waals surface area contributed by atoms with Crippen LogP contribution >= 0.6 is 0 Å². The Morgan fingerprint density at radius 1 is 1.33 bits per heavy atom. The second kappa shape index (κ2) is 2.81. The fourth-order valence-electron chi connectivity index (χ4n) is 1.10. The topological polar surface area (TPSA) is 28.7 Å². The maximum absolute atomic E-state index is 7.24. The van der Waals surface area contributed by atoms with E-state index in [1.807, 2.05) is 31.2 Å². The Labute approximate surface area is 72.7 Å². The number of nitrogens with zero attached hydrogens (tertiary/aromatic N) is 1. The van der Waals surface area contributed by atoms with Gasteiger partial charge in [0, 0.05) is 0 Å². The van der Waals surface area contributed by atoms with Gasteiger partial charge in [-0.2, -0.15) is 0 Å². The van der Waals surface area contributed by atoms with Crippen LogP contribution in [0.4, 0.5) is 0 Å². The van der Waals surface area contributed by atoms with E-state index in [4.69, 9.17) is 1.37 Å². The maximum atomic E-state index is 7.24. The number of nitrogens with one attached hydrogen (secondary N) is 1. The molecule has 0 radical (unpaired) electrons. The van der Waals surface area contributed by atoms with Crippen molar-refractivity contribution < 1.29 is 1.37 Å². The van der Waals surface area contributed by atoms with E-state index in [9.17, 15) is 0 Å². The average Bonchev–Trinajstić information content (AvgIpc) is 2.53. The summed E-state index contributed by atoms with van der Waals surface area (Å²) in [5, 5.41) is 0. The summed E-state index contributed by atoms with van der Waals surface area (Å²) in [5.41, 5.74) is 3.19. The SMILES string of the molecule is [2H]c1ncc(-c2ccc(C)cc2)[nH]1. The summed E-state index contributed by atoms with van der Waals surface area (Å²) in [6.45, 7) is 2.05. The van der Waals surface area contributed by atoms with Gasteiger partial charge in [0.1, 0.15) is 1.37 Å². The lowest BCUT2D eigenvalue weighted by Crippen LogP contribution is -1.76. The van der Waals surface area contributed by atoms with Crippen LogP contribution < -0.4 is 0 Å². The number of aryl methyl sites for hydroxylation is 1. The van der Waals surface area contributed by atoms with Gasteiger partial charge in [0.25, 0.3) is 0 Å². The molecule has 1 aromatic carbocycles. The highest BCUT2D eigenvalue weighted by molar-refractivity contribution is 5.58. The van der Waals surface area contributed by atoms with Gasteiger partial charge >= 0.3 is 0 Å². The maximum Gasteiger partial charge on any atom is 0.104 e. The Morgan fingerprint density at radius 3 is 2.67 bits per heavy atom. The lowest BCUT2D eigenvalue weighted by molar-refractivity contribution is 1.31. The largest absolute Gasteiger partial charge is 0.345 e. The molecule has 0 spiro atoms. The van der Waals surface area contributed by atoms with Gasteiger partial charge in [0.2, 0.25) is 0 Å². The zero-order valence-corrected chi connectivity index (χ0v) is 6.83. The van der Waals surface area contributed by atoms with Gasteiger partial charge in [0.15, 0.2) is 0 Å². The van der Waals surface area contributed by atoms with Crippen molar-refractivity contribution in [3.05, 3.63) is 42.3 Å². The van der Waals surface area contributed by atoms with E-state index in [1.165, 1.54) is 5.56 Å². The van der Waals surface area contributed by atoms with Crippen LogP contribution in [0.5, 0.6) is 0 Å². The number of hydrogen-bond donors (Lipinski definition) is 1. The summed E-state index contributed by atoms with van der Waals surface area (Å²) in [7, 11) is 0. The molecular weight excluding hydrogens is 148 g/mol. The van der Waals surface area contributed by atoms with Crippen molar-refractivity contribution >= 4 is 0 Å². The first-order chi connectivity index (χ1) is 6.25. The Balaban J connectivity index is 2.41. The monoisotopic (exact) mass is 159 g/mol. The molecule has 0 atom stereocenters. The van der Waals surface area contributed by atoms with Crippen LogP contribution in [0.3, 0.4) is 0 Å². The van der Waals surface area contributed by atoms with Gasteiger partial charge in [-0.3, -0.25) is 0 Å². The van der Waals surface area contributed by atoms with Crippen molar-refractivity contribution in [3.63, 3.8) is 0 Å². The van der Waals surface area contributed by atoms with Crippen LogP contribution in [0.15, 0.2) is 36.8 Å². The summed E-state index contributed by atoms with van der Waals surface area (Å²) in [4.78, 5) is 6.69. The minimum absolute atomic E-state index is 0.204. The van der Waals surface area contributed by atoms with Crippen molar-refractivity contribution in [1.82, 2.24) is 9.97 Å². The molecule has 12 heavy (non-hydrogen) atoms. The van der Waals surface area contributed by atoms with Gasteiger partial charge in [0.05, 0.1) is 18.2 Å². The Bertz CT molecular complexity index is 403. The second-order valence-electron chi connectivity index (χ2n) is 2.77. The molecule has 0 aliphatic carbocycles. The molecule has 1 heterocycles. The Kier molecular flexibility index (Phi) is 1.41. The lowest BCUT2D eigenvalue weighted by Gasteiger charge is -1.96. The van der Waals surface area contributed by atoms with Gasteiger partial charge < -0.3 is 4.98 Å². The molecule has 0 unspecified atom stereocenters. The molecule has 2 nitrogen and oxygen atoms in total. The van der Waals surface area contributed by atoms with Crippen molar-refractivity contribution in [3.8, 4) is 11.3 Å². The van der Waals surface area contributed by atoms with Crippen LogP contribution in [-0.4, -0.2) is 9.97 Å². The van der Waals surface area contributed by atoms with Crippen molar-refractivity contribution in [2.45, 2.75) is 6.92 Å². The van der Waals surface area contributed by atoms with Gasteiger partial charge in [-0.25, -0.2) is 4.98 Å². The molecule has 2 heteroatoms. The Morgan fingerprint density at radius 2 is 2.08 bits per heavy atom. The van der Waals surface area contributed by atoms with E-state index in [0.717, 1.165) is 11.3 Å². The first kappa shape index (κ1) is 6.00. The molecular formula is C10H10N2. The number of aromatic amines is 1.